The third kappa shape index (κ3) is 3.22. The maximum atomic E-state index is 12.5. The highest BCUT2D eigenvalue weighted by Crippen LogP contribution is 2.50. The number of rotatable bonds is 5. The van der Waals surface area contributed by atoms with E-state index in [1.54, 1.807) is 32.1 Å². The summed E-state index contributed by atoms with van der Waals surface area (Å²) in [6.45, 7) is 3.80. The van der Waals surface area contributed by atoms with Gasteiger partial charge in [0.15, 0.2) is 5.41 Å². The molecule has 2 rings (SSSR count). The van der Waals surface area contributed by atoms with Gasteiger partial charge in [-0.15, -0.1) is 0 Å². The van der Waals surface area contributed by atoms with Gasteiger partial charge in [0, 0.05) is 16.0 Å². The summed E-state index contributed by atoms with van der Waals surface area (Å²) in [4.78, 5) is 24.9. The van der Waals surface area contributed by atoms with E-state index in [0.717, 1.165) is 4.47 Å². The van der Waals surface area contributed by atoms with Crippen LogP contribution < -0.4 is 0 Å². The largest absolute Gasteiger partial charge is 0.465 e. The van der Waals surface area contributed by atoms with E-state index in [1.807, 2.05) is 12.1 Å². The number of ether oxygens (including phenoxy) is 2. The Kier molecular flexibility index (Phi) is 5.79. The summed E-state index contributed by atoms with van der Waals surface area (Å²) in [5.41, 5.74) is -0.426. The Labute approximate surface area is 149 Å². The van der Waals surface area contributed by atoms with E-state index in [-0.39, 0.29) is 19.6 Å². The Morgan fingerprint density at radius 3 is 2.42 bits per heavy atom. The highest BCUT2D eigenvalue weighted by molar-refractivity contribution is 9.10. The van der Waals surface area contributed by atoms with Crippen molar-refractivity contribution < 1.29 is 19.1 Å². The Morgan fingerprint density at radius 2 is 1.88 bits per heavy atom. The summed E-state index contributed by atoms with van der Waals surface area (Å²) in [5, 5.41) is 9.78. The summed E-state index contributed by atoms with van der Waals surface area (Å²) < 4.78 is 11.1. The van der Waals surface area contributed by atoms with Crippen LogP contribution in [0.25, 0.3) is 0 Å². The average Bonchev–Trinajstić information content (AvgIpc) is 2.97. The van der Waals surface area contributed by atoms with E-state index >= 15 is 0 Å². The molecular formula is C18H18BrNO4. The number of halogens is 1. The van der Waals surface area contributed by atoms with Crippen LogP contribution >= 0.6 is 15.9 Å². The number of nitrogens with zero attached hydrogens (tertiary/aromatic N) is 1. The second-order valence-electron chi connectivity index (χ2n) is 5.37. The SMILES string of the molecule is CCOC(=O)C1=CC[C@@](C#N)(C(=O)OCC)[C@@H]1c1ccc(Br)cc1. The third-order valence-electron chi connectivity index (χ3n) is 4.00. The van der Waals surface area contributed by atoms with Gasteiger partial charge in [-0.2, -0.15) is 5.26 Å². The van der Waals surface area contributed by atoms with Crippen molar-refractivity contribution in [2.75, 3.05) is 13.2 Å². The van der Waals surface area contributed by atoms with Crippen LogP contribution in [0.15, 0.2) is 40.4 Å². The van der Waals surface area contributed by atoms with E-state index in [0.29, 0.717) is 11.1 Å². The summed E-state index contributed by atoms with van der Waals surface area (Å²) in [6, 6.07) is 9.30. The molecular weight excluding hydrogens is 374 g/mol. The minimum atomic E-state index is -1.45. The first kappa shape index (κ1) is 18.2. The van der Waals surface area contributed by atoms with E-state index in [9.17, 15) is 14.9 Å². The zero-order chi connectivity index (χ0) is 17.7. The molecule has 0 unspecified atom stereocenters. The number of nitriles is 1. The maximum absolute atomic E-state index is 12.5. The normalized spacial score (nSPS) is 22.4. The van der Waals surface area contributed by atoms with Crippen LogP contribution in [-0.2, 0) is 19.1 Å². The van der Waals surface area contributed by atoms with Crippen LogP contribution in [0.4, 0.5) is 0 Å². The van der Waals surface area contributed by atoms with E-state index in [2.05, 4.69) is 22.0 Å². The van der Waals surface area contributed by atoms with E-state index in [1.165, 1.54) is 0 Å². The Balaban J connectivity index is 2.53. The van der Waals surface area contributed by atoms with Crippen molar-refractivity contribution in [2.45, 2.75) is 26.2 Å². The van der Waals surface area contributed by atoms with Crippen molar-refractivity contribution in [3.63, 3.8) is 0 Å². The molecule has 0 aliphatic heterocycles. The van der Waals surface area contributed by atoms with Gasteiger partial charge in [0.2, 0.25) is 0 Å². The molecule has 2 atom stereocenters. The number of benzene rings is 1. The fourth-order valence-electron chi connectivity index (χ4n) is 2.92. The van der Waals surface area contributed by atoms with Crippen molar-refractivity contribution in [2.24, 2.45) is 5.41 Å². The number of carbonyl (C=O) groups excluding carboxylic acids is 2. The van der Waals surface area contributed by atoms with Gasteiger partial charge >= 0.3 is 11.9 Å². The molecule has 24 heavy (non-hydrogen) atoms. The van der Waals surface area contributed by atoms with Gasteiger partial charge in [0.05, 0.1) is 19.3 Å². The Bertz CT molecular complexity index is 705. The molecule has 5 nitrogen and oxygen atoms in total. The molecule has 1 aliphatic carbocycles. The summed E-state index contributed by atoms with van der Waals surface area (Å²) >= 11 is 3.36. The number of esters is 2. The first-order valence-electron chi connectivity index (χ1n) is 7.71. The first-order valence-corrected chi connectivity index (χ1v) is 8.50. The molecule has 1 aromatic carbocycles. The molecule has 0 N–H and O–H groups in total. The molecule has 1 aliphatic rings. The standard InChI is InChI=1S/C18H18BrNO4/c1-3-23-16(21)14-9-10-18(11-20,17(22)24-4-2)15(14)12-5-7-13(19)8-6-12/h5-9,15H,3-4,10H2,1-2H3/t15-,18+/m1/s1. The van der Waals surface area contributed by atoms with Crippen LogP contribution in [-0.4, -0.2) is 25.2 Å². The Morgan fingerprint density at radius 1 is 1.25 bits per heavy atom. The van der Waals surface area contributed by atoms with E-state index in [4.69, 9.17) is 9.47 Å². The molecule has 0 amide bonds. The highest BCUT2D eigenvalue weighted by atomic mass is 79.9. The van der Waals surface area contributed by atoms with Gasteiger partial charge in [-0.05, 0) is 38.0 Å². The lowest BCUT2D eigenvalue weighted by atomic mass is 9.72. The number of allylic oxidation sites excluding steroid dienone is 1. The summed E-state index contributed by atoms with van der Waals surface area (Å²) in [6.07, 6.45) is 1.74. The molecule has 0 saturated carbocycles. The van der Waals surface area contributed by atoms with Crippen LogP contribution in [0.2, 0.25) is 0 Å². The lowest BCUT2D eigenvalue weighted by Gasteiger charge is -2.28. The van der Waals surface area contributed by atoms with Crippen LogP contribution in [0.5, 0.6) is 0 Å². The predicted molar refractivity (Wildman–Crippen MR) is 90.9 cm³/mol. The number of carbonyl (C=O) groups is 2. The molecule has 0 aromatic heterocycles. The van der Waals surface area contributed by atoms with E-state index < -0.39 is 23.3 Å². The molecule has 0 heterocycles. The lowest BCUT2D eigenvalue weighted by Crippen LogP contribution is -2.36. The van der Waals surface area contributed by atoms with Crippen LogP contribution in [0.1, 0.15) is 31.7 Å². The second kappa shape index (κ2) is 7.63. The fraction of sp³-hybridized carbons (Fsp3) is 0.389. The van der Waals surface area contributed by atoms with Gasteiger partial charge in [-0.25, -0.2) is 4.79 Å². The van der Waals surface area contributed by atoms with Crippen molar-refractivity contribution >= 4 is 27.9 Å². The molecule has 0 bridgehead atoms. The molecule has 1 aromatic rings. The van der Waals surface area contributed by atoms with Crippen molar-refractivity contribution in [1.29, 1.82) is 5.26 Å². The molecule has 126 valence electrons. The third-order valence-corrected chi connectivity index (χ3v) is 4.53. The number of hydrogen-bond acceptors (Lipinski definition) is 5. The monoisotopic (exact) mass is 391 g/mol. The topological polar surface area (TPSA) is 76.4 Å². The van der Waals surface area contributed by atoms with Gasteiger partial charge in [0.25, 0.3) is 0 Å². The number of hydrogen-bond donors (Lipinski definition) is 0. The summed E-state index contributed by atoms with van der Waals surface area (Å²) in [5.74, 6) is -1.84. The zero-order valence-electron chi connectivity index (χ0n) is 13.5. The summed E-state index contributed by atoms with van der Waals surface area (Å²) in [7, 11) is 0. The minimum absolute atomic E-state index is 0.122. The van der Waals surface area contributed by atoms with Crippen molar-refractivity contribution in [1.82, 2.24) is 0 Å². The van der Waals surface area contributed by atoms with Crippen molar-refractivity contribution in [3.8, 4) is 6.07 Å². The molecule has 0 fully saturated rings. The average molecular weight is 392 g/mol. The van der Waals surface area contributed by atoms with Crippen LogP contribution in [0.3, 0.4) is 0 Å². The molecule has 0 radical (unpaired) electrons. The maximum Gasteiger partial charge on any atom is 0.334 e. The molecule has 0 saturated heterocycles. The smallest absolute Gasteiger partial charge is 0.334 e. The first-order chi connectivity index (χ1) is 11.5. The van der Waals surface area contributed by atoms with Gasteiger partial charge in [-0.3, -0.25) is 4.79 Å². The zero-order valence-corrected chi connectivity index (χ0v) is 15.1. The predicted octanol–water partition coefficient (Wildman–Crippen LogP) is 3.50. The van der Waals surface area contributed by atoms with Gasteiger partial charge in [0.1, 0.15) is 0 Å². The second-order valence-corrected chi connectivity index (χ2v) is 6.29. The molecule has 0 spiro atoms. The highest BCUT2D eigenvalue weighted by Gasteiger charge is 2.54. The van der Waals surface area contributed by atoms with Gasteiger partial charge in [-0.1, -0.05) is 34.1 Å². The lowest BCUT2D eigenvalue weighted by molar-refractivity contribution is -0.152. The van der Waals surface area contributed by atoms with Crippen molar-refractivity contribution in [3.05, 3.63) is 46.0 Å². The quantitative estimate of drug-likeness (QED) is 0.717. The minimum Gasteiger partial charge on any atom is -0.465 e. The molecule has 6 heteroatoms. The Hall–Kier alpha value is -2.13. The fourth-order valence-corrected chi connectivity index (χ4v) is 3.19. The van der Waals surface area contributed by atoms with Crippen LogP contribution in [0, 0.1) is 16.7 Å². The van der Waals surface area contributed by atoms with Gasteiger partial charge < -0.3 is 9.47 Å².